The summed E-state index contributed by atoms with van der Waals surface area (Å²) in [5, 5.41) is 12.0. The molecule has 92 valence electrons. The molecule has 1 rings (SSSR count). The van der Waals surface area contributed by atoms with Gasteiger partial charge in [0.2, 0.25) is 0 Å². The quantitative estimate of drug-likeness (QED) is 0.853. The van der Waals surface area contributed by atoms with E-state index >= 15 is 0 Å². The molecule has 17 heavy (non-hydrogen) atoms. The van der Waals surface area contributed by atoms with Gasteiger partial charge in [0.15, 0.2) is 0 Å². The molecule has 1 atom stereocenters. The Balaban J connectivity index is 2.51. The first-order chi connectivity index (χ1) is 7.93. The molecule has 1 aromatic rings. The van der Waals surface area contributed by atoms with Crippen LogP contribution in [-0.2, 0) is 6.42 Å². The predicted octanol–water partition coefficient (Wildman–Crippen LogP) is 3.85. The number of nitrogens with one attached hydrogen (secondary N) is 1. The molecule has 0 amide bonds. The third kappa shape index (κ3) is 4.48. The number of hydrogen-bond donors (Lipinski definition) is 1. The van der Waals surface area contributed by atoms with Crippen LogP contribution in [0.1, 0.15) is 33.3 Å². The first-order valence-corrected chi connectivity index (χ1v) is 6.13. The van der Waals surface area contributed by atoms with Gasteiger partial charge in [-0.2, -0.15) is 5.26 Å². The molecule has 0 fully saturated rings. The van der Waals surface area contributed by atoms with Crippen LogP contribution in [0.4, 0.5) is 5.69 Å². The van der Waals surface area contributed by atoms with Crippen molar-refractivity contribution in [1.29, 1.82) is 5.26 Å². The third-order valence-electron chi connectivity index (χ3n) is 3.33. The van der Waals surface area contributed by atoms with E-state index in [1.54, 1.807) is 0 Å². The highest BCUT2D eigenvalue weighted by Crippen LogP contribution is 2.25. The van der Waals surface area contributed by atoms with Crippen molar-refractivity contribution in [3.8, 4) is 6.07 Å². The van der Waals surface area contributed by atoms with E-state index in [0.717, 1.165) is 17.8 Å². The molecule has 0 saturated heterocycles. The molecule has 1 N–H and O–H groups in total. The average Bonchev–Trinajstić information content (AvgIpc) is 2.27. The van der Waals surface area contributed by atoms with Crippen molar-refractivity contribution >= 4 is 5.69 Å². The fourth-order valence-electron chi connectivity index (χ4n) is 1.41. The van der Waals surface area contributed by atoms with Crippen LogP contribution in [0, 0.1) is 22.7 Å². The summed E-state index contributed by atoms with van der Waals surface area (Å²) in [6.07, 6.45) is 0.485. The molecular formula is C15H22N2. The Morgan fingerprint density at radius 1 is 1.24 bits per heavy atom. The van der Waals surface area contributed by atoms with Gasteiger partial charge in [0.25, 0.3) is 0 Å². The molecule has 0 saturated carbocycles. The highest BCUT2D eigenvalue weighted by Gasteiger charge is 2.19. The number of benzene rings is 1. The lowest BCUT2D eigenvalue weighted by Crippen LogP contribution is -2.24. The highest BCUT2D eigenvalue weighted by molar-refractivity contribution is 5.45. The van der Waals surface area contributed by atoms with Gasteiger partial charge in [-0.05, 0) is 29.0 Å². The Hall–Kier alpha value is -1.49. The Morgan fingerprint density at radius 2 is 1.82 bits per heavy atom. The van der Waals surface area contributed by atoms with E-state index in [4.69, 9.17) is 5.26 Å². The Morgan fingerprint density at radius 3 is 2.29 bits per heavy atom. The van der Waals surface area contributed by atoms with Crippen molar-refractivity contribution in [2.24, 2.45) is 11.3 Å². The van der Waals surface area contributed by atoms with Gasteiger partial charge in [0.1, 0.15) is 0 Å². The minimum Gasteiger partial charge on any atom is -0.385 e. The molecule has 0 aliphatic rings. The number of anilines is 1. The van der Waals surface area contributed by atoms with Crippen LogP contribution >= 0.6 is 0 Å². The van der Waals surface area contributed by atoms with Crippen molar-refractivity contribution in [3.05, 3.63) is 29.8 Å². The zero-order valence-electron chi connectivity index (χ0n) is 11.2. The lowest BCUT2D eigenvalue weighted by molar-refractivity contribution is 0.274. The summed E-state index contributed by atoms with van der Waals surface area (Å²) in [6, 6.07) is 10.3. The summed E-state index contributed by atoms with van der Waals surface area (Å²) in [5.74, 6) is 0.612. The SMILES string of the molecule is CC(CNc1ccc(CC#N)cc1)C(C)(C)C. The van der Waals surface area contributed by atoms with Crippen LogP contribution in [0.3, 0.4) is 0 Å². The van der Waals surface area contributed by atoms with Crippen molar-refractivity contribution < 1.29 is 0 Å². The zero-order chi connectivity index (χ0) is 12.9. The van der Waals surface area contributed by atoms with Gasteiger partial charge in [0.05, 0.1) is 12.5 Å². The lowest BCUT2D eigenvalue weighted by atomic mass is 9.82. The number of hydrogen-bond acceptors (Lipinski definition) is 2. The van der Waals surface area contributed by atoms with Gasteiger partial charge in [-0.1, -0.05) is 39.8 Å². The van der Waals surface area contributed by atoms with Gasteiger partial charge in [0, 0.05) is 12.2 Å². The molecule has 2 nitrogen and oxygen atoms in total. The molecule has 0 spiro atoms. The second-order valence-electron chi connectivity index (χ2n) is 5.68. The van der Waals surface area contributed by atoms with Crippen molar-refractivity contribution in [2.45, 2.75) is 34.1 Å². The Labute approximate surface area is 105 Å². The summed E-state index contributed by atoms with van der Waals surface area (Å²) in [7, 11) is 0. The van der Waals surface area contributed by atoms with Crippen molar-refractivity contribution in [3.63, 3.8) is 0 Å². The standard InChI is InChI=1S/C15H22N2/c1-12(15(2,3)4)11-17-14-7-5-13(6-8-14)9-10-16/h5-8,12,17H,9,11H2,1-4H3. The summed E-state index contributed by atoms with van der Waals surface area (Å²) in [4.78, 5) is 0. The average molecular weight is 230 g/mol. The fourth-order valence-corrected chi connectivity index (χ4v) is 1.41. The number of nitriles is 1. The second-order valence-corrected chi connectivity index (χ2v) is 5.68. The summed E-state index contributed by atoms with van der Waals surface area (Å²) < 4.78 is 0. The van der Waals surface area contributed by atoms with Gasteiger partial charge in [-0.3, -0.25) is 0 Å². The largest absolute Gasteiger partial charge is 0.385 e. The first-order valence-electron chi connectivity index (χ1n) is 6.13. The third-order valence-corrected chi connectivity index (χ3v) is 3.33. The van der Waals surface area contributed by atoms with Gasteiger partial charge in [-0.25, -0.2) is 0 Å². The van der Waals surface area contributed by atoms with Crippen LogP contribution in [0.25, 0.3) is 0 Å². The molecular weight excluding hydrogens is 208 g/mol. The second kappa shape index (κ2) is 5.72. The van der Waals surface area contributed by atoms with E-state index in [9.17, 15) is 0 Å². The molecule has 1 unspecified atom stereocenters. The van der Waals surface area contributed by atoms with E-state index in [-0.39, 0.29) is 0 Å². The maximum atomic E-state index is 8.59. The normalized spacial score (nSPS) is 12.9. The van der Waals surface area contributed by atoms with E-state index in [1.165, 1.54) is 0 Å². The van der Waals surface area contributed by atoms with Crippen LogP contribution in [-0.4, -0.2) is 6.54 Å². The molecule has 0 bridgehead atoms. The number of nitrogens with zero attached hydrogens (tertiary/aromatic N) is 1. The molecule has 0 aliphatic carbocycles. The van der Waals surface area contributed by atoms with Crippen molar-refractivity contribution in [2.75, 3.05) is 11.9 Å². The van der Waals surface area contributed by atoms with Crippen LogP contribution in [0.5, 0.6) is 0 Å². The van der Waals surface area contributed by atoms with E-state index in [2.05, 4.69) is 39.1 Å². The summed E-state index contributed by atoms with van der Waals surface area (Å²) in [5.41, 5.74) is 2.53. The van der Waals surface area contributed by atoms with Gasteiger partial charge < -0.3 is 5.32 Å². The predicted molar refractivity (Wildman–Crippen MR) is 72.9 cm³/mol. The molecule has 0 aromatic heterocycles. The number of rotatable bonds is 4. The van der Waals surface area contributed by atoms with E-state index in [0.29, 0.717) is 17.8 Å². The maximum absolute atomic E-state index is 8.59. The molecule has 1 aromatic carbocycles. The van der Waals surface area contributed by atoms with Gasteiger partial charge >= 0.3 is 0 Å². The molecule has 0 heterocycles. The van der Waals surface area contributed by atoms with Crippen LogP contribution in [0.2, 0.25) is 0 Å². The lowest BCUT2D eigenvalue weighted by Gasteiger charge is -2.27. The smallest absolute Gasteiger partial charge is 0.0669 e. The van der Waals surface area contributed by atoms with Gasteiger partial charge in [-0.15, -0.1) is 0 Å². The molecule has 0 radical (unpaired) electrons. The minimum atomic E-state index is 0.327. The molecule has 0 aliphatic heterocycles. The monoisotopic (exact) mass is 230 g/mol. The first kappa shape index (κ1) is 13.6. The maximum Gasteiger partial charge on any atom is 0.0669 e. The van der Waals surface area contributed by atoms with Crippen molar-refractivity contribution in [1.82, 2.24) is 0 Å². The van der Waals surface area contributed by atoms with Crippen LogP contribution < -0.4 is 5.32 Å². The van der Waals surface area contributed by atoms with E-state index < -0.39 is 0 Å². The zero-order valence-corrected chi connectivity index (χ0v) is 11.2. The molecule has 2 heteroatoms. The minimum absolute atomic E-state index is 0.327. The Bertz CT molecular complexity index is 379. The topological polar surface area (TPSA) is 35.8 Å². The van der Waals surface area contributed by atoms with Crippen LogP contribution in [0.15, 0.2) is 24.3 Å². The Kier molecular flexibility index (Phi) is 4.57. The summed E-state index contributed by atoms with van der Waals surface area (Å²) >= 11 is 0. The highest BCUT2D eigenvalue weighted by atomic mass is 14.9. The van der Waals surface area contributed by atoms with E-state index in [1.807, 2.05) is 24.3 Å². The fraction of sp³-hybridized carbons (Fsp3) is 0.533. The summed E-state index contributed by atoms with van der Waals surface area (Å²) in [6.45, 7) is 10.0.